The third-order valence-electron chi connectivity index (χ3n) is 3.35. The molecular weight excluding hydrogens is 302 g/mol. The Kier molecular flexibility index (Phi) is 4.48. The predicted octanol–water partition coefficient (Wildman–Crippen LogP) is 4.69. The third-order valence-corrected chi connectivity index (χ3v) is 3.97. The lowest BCUT2D eigenvalue weighted by Crippen LogP contribution is -2.02. The summed E-state index contributed by atoms with van der Waals surface area (Å²) in [4.78, 5) is 0. The first-order valence-corrected chi connectivity index (χ1v) is 7.03. The normalized spacial score (nSPS) is 10.3. The highest BCUT2D eigenvalue weighted by atomic mass is 79.9. The molecule has 0 radical (unpaired) electrons. The summed E-state index contributed by atoms with van der Waals surface area (Å²) in [7, 11) is 1.67. The molecule has 0 aromatic heterocycles. The van der Waals surface area contributed by atoms with Crippen LogP contribution in [0, 0.1) is 13.8 Å². The number of hydrogen-bond acceptors (Lipinski definition) is 2. The lowest BCUT2D eigenvalue weighted by molar-refractivity contribution is 0.412. The van der Waals surface area contributed by atoms with Gasteiger partial charge in [-0.3, -0.25) is 0 Å². The predicted molar refractivity (Wildman–Crippen MR) is 83.9 cm³/mol. The van der Waals surface area contributed by atoms with Crippen molar-refractivity contribution < 1.29 is 4.74 Å². The molecule has 0 saturated carbocycles. The SMILES string of the molecule is COc1ccc(NCc2cccc(C)c2C)cc1Br. The number of nitrogens with one attached hydrogen (secondary N) is 1. The first-order chi connectivity index (χ1) is 9.11. The van der Waals surface area contributed by atoms with Crippen molar-refractivity contribution in [3.05, 3.63) is 57.6 Å². The first kappa shape index (κ1) is 13.9. The van der Waals surface area contributed by atoms with E-state index in [0.29, 0.717) is 0 Å². The minimum Gasteiger partial charge on any atom is -0.496 e. The molecule has 0 bridgehead atoms. The second-order valence-electron chi connectivity index (χ2n) is 4.56. The summed E-state index contributed by atoms with van der Waals surface area (Å²) in [5.41, 5.74) is 5.08. The number of methoxy groups -OCH3 is 1. The second-order valence-corrected chi connectivity index (χ2v) is 5.42. The van der Waals surface area contributed by atoms with E-state index in [1.165, 1.54) is 16.7 Å². The van der Waals surface area contributed by atoms with Gasteiger partial charge in [-0.15, -0.1) is 0 Å². The maximum Gasteiger partial charge on any atom is 0.133 e. The molecule has 0 atom stereocenters. The van der Waals surface area contributed by atoms with E-state index in [1.807, 2.05) is 18.2 Å². The molecule has 2 rings (SSSR count). The van der Waals surface area contributed by atoms with Gasteiger partial charge >= 0.3 is 0 Å². The number of rotatable bonds is 4. The van der Waals surface area contributed by atoms with Gasteiger partial charge in [-0.25, -0.2) is 0 Å². The fraction of sp³-hybridized carbons (Fsp3) is 0.250. The number of aryl methyl sites for hydroxylation is 1. The summed E-state index contributed by atoms with van der Waals surface area (Å²) in [6.45, 7) is 5.13. The molecule has 2 nitrogen and oxygen atoms in total. The van der Waals surface area contributed by atoms with Crippen LogP contribution in [0.4, 0.5) is 5.69 Å². The summed E-state index contributed by atoms with van der Waals surface area (Å²) < 4.78 is 6.18. The number of ether oxygens (including phenoxy) is 1. The van der Waals surface area contributed by atoms with E-state index < -0.39 is 0 Å². The fourth-order valence-electron chi connectivity index (χ4n) is 1.98. The van der Waals surface area contributed by atoms with Crippen LogP contribution in [-0.2, 0) is 6.54 Å². The molecule has 3 heteroatoms. The van der Waals surface area contributed by atoms with Crippen molar-refractivity contribution in [3.8, 4) is 5.75 Å². The van der Waals surface area contributed by atoms with Crippen molar-refractivity contribution >= 4 is 21.6 Å². The lowest BCUT2D eigenvalue weighted by Gasteiger charge is -2.12. The van der Waals surface area contributed by atoms with Crippen LogP contribution in [0.3, 0.4) is 0 Å². The molecule has 0 aliphatic carbocycles. The zero-order valence-electron chi connectivity index (χ0n) is 11.5. The van der Waals surface area contributed by atoms with Gasteiger partial charge in [-0.2, -0.15) is 0 Å². The van der Waals surface area contributed by atoms with Crippen LogP contribution in [0.25, 0.3) is 0 Å². The minimum atomic E-state index is 0.826. The molecule has 19 heavy (non-hydrogen) atoms. The van der Waals surface area contributed by atoms with Crippen molar-refractivity contribution in [2.75, 3.05) is 12.4 Å². The molecule has 0 heterocycles. The van der Waals surface area contributed by atoms with Gasteiger partial charge in [-0.1, -0.05) is 18.2 Å². The van der Waals surface area contributed by atoms with Gasteiger partial charge in [0.05, 0.1) is 11.6 Å². The Balaban J connectivity index is 2.10. The minimum absolute atomic E-state index is 0.826. The molecule has 0 amide bonds. The maximum absolute atomic E-state index is 5.22. The van der Waals surface area contributed by atoms with E-state index in [4.69, 9.17) is 4.74 Å². The van der Waals surface area contributed by atoms with Crippen molar-refractivity contribution in [3.63, 3.8) is 0 Å². The van der Waals surface area contributed by atoms with Crippen LogP contribution < -0.4 is 10.1 Å². The van der Waals surface area contributed by atoms with Gasteiger partial charge in [0.2, 0.25) is 0 Å². The molecule has 1 N–H and O–H groups in total. The molecule has 0 aliphatic heterocycles. The van der Waals surface area contributed by atoms with Crippen LogP contribution in [-0.4, -0.2) is 7.11 Å². The van der Waals surface area contributed by atoms with Gasteiger partial charge in [-0.05, 0) is 64.7 Å². The first-order valence-electron chi connectivity index (χ1n) is 6.24. The van der Waals surface area contributed by atoms with Gasteiger partial charge in [0.1, 0.15) is 5.75 Å². The smallest absolute Gasteiger partial charge is 0.133 e. The topological polar surface area (TPSA) is 21.3 Å². The number of halogens is 1. The van der Waals surface area contributed by atoms with Crippen LogP contribution >= 0.6 is 15.9 Å². The molecule has 0 aliphatic rings. The van der Waals surface area contributed by atoms with Crippen LogP contribution in [0.15, 0.2) is 40.9 Å². The standard InChI is InChI=1S/C16H18BrNO/c1-11-5-4-6-13(12(11)2)10-18-14-7-8-16(19-3)15(17)9-14/h4-9,18H,10H2,1-3H3. The number of benzene rings is 2. The molecule has 0 unspecified atom stereocenters. The van der Waals surface area contributed by atoms with E-state index in [2.05, 4.69) is 53.3 Å². The zero-order valence-corrected chi connectivity index (χ0v) is 13.0. The monoisotopic (exact) mass is 319 g/mol. The maximum atomic E-state index is 5.22. The summed E-state index contributed by atoms with van der Waals surface area (Å²) in [6.07, 6.45) is 0. The third kappa shape index (κ3) is 3.29. The van der Waals surface area contributed by atoms with E-state index in [-0.39, 0.29) is 0 Å². The van der Waals surface area contributed by atoms with Crippen molar-refractivity contribution in [1.82, 2.24) is 0 Å². The average molecular weight is 320 g/mol. The Hall–Kier alpha value is -1.48. The Labute approximate surface area is 122 Å². The molecular formula is C16H18BrNO. The zero-order chi connectivity index (χ0) is 13.8. The van der Waals surface area contributed by atoms with Gasteiger partial charge < -0.3 is 10.1 Å². The van der Waals surface area contributed by atoms with Crippen molar-refractivity contribution in [1.29, 1.82) is 0 Å². The van der Waals surface area contributed by atoms with E-state index in [0.717, 1.165) is 22.5 Å². The molecule has 100 valence electrons. The molecule has 2 aromatic carbocycles. The van der Waals surface area contributed by atoms with Crippen LogP contribution in [0.5, 0.6) is 5.75 Å². The van der Waals surface area contributed by atoms with E-state index >= 15 is 0 Å². The van der Waals surface area contributed by atoms with E-state index in [9.17, 15) is 0 Å². The average Bonchev–Trinajstić information content (AvgIpc) is 2.40. The number of hydrogen-bond donors (Lipinski definition) is 1. The Bertz CT molecular complexity index is 581. The molecule has 0 fully saturated rings. The Morgan fingerprint density at radius 3 is 2.63 bits per heavy atom. The molecule has 0 spiro atoms. The van der Waals surface area contributed by atoms with Crippen LogP contribution in [0.2, 0.25) is 0 Å². The van der Waals surface area contributed by atoms with Gasteiger partial charge in [0, 0.05) is 12.2 Å². The summed E-state index contributed by atoms with van der Waals surface area (Å²) >= 11 is 3.49. The van der Waals surface area contributed by atoms with Crippen molar-refractivity contribution in [2.45, 2.75) is 20.4 Å². The van der Waals surface area contributed by atoms with Gasteiger partial charge in [0.15, 0.2) is 0 Å². The second kappa shape index (κ2) is 6.11. The number of anilines is 1. The van der Waals surface area contributed by atoms with Gasteiger partial charge in [0.25, 0.3) is 0 Å². The Morgan fingerprint density at radius 1 is 1.16 bits per heavy atom. The lowest BCUT2D eigenvalue weighted by atomic mass is 10.0. The molecule has 2 aromatic rings. The van der Waals surface area contributed by atoms with Crippen LogP contribution in [0.1, 0.15) is 16.7 Å². The van der Waals surface area contributed by atoms with Crippen molar-refractivity contribution in [2.24, 2.45) is 0 Å². The fourth-order valence-corrected chi connectivity index (χ4v) is 2.52. The highest BCUT2D eigenvalue weighted by molar-refractivity contribution is 9.10. The van der Waals surface area contributed by atoms with E-state index in [1.54, 1.807) is 7.11 Å². The largest absolute Gasteiger partial charge is 0.496 e. The molecule has 0 saturated heterocycles. The summed E-state index contributed by atoms with van der Waals surface area (Å²) in [5, 5.41) is 3.44. The summed E-state index contributed by atoms with van der Waals surface area (Å²) in [5.74, 6) is 0.845. The summed E-state index contributed by atoms with van der Waals surface area (Å²) in [6, 6.07) is 12.4. The quantitative estimate of drug-likeness (QED) is 0.883. The highest BCUT2D eigenvalue weighted by Crippen LogP contribution is 2.28. The Morgan fingerprint density at radius 2 is 1.95 bits per heavy atom. The highest BCUT2D eigenvalue weighted by Gasteiger charge is 2.03.